The Balaban J connectivity index is 1.51. The van der Waals surface area contributed by atoms with E-state index in [9.17, 15) is 4.79 Å². The molecule has 0 aliphatic carbocycles. The van der Waals surface area contributed by atoms with Crippen LogP contribution in [0.4, 0.5) is 0 Å². The molecule has 0 aromatic carbocycles. The molecule has 162 valence electrons. The molecule has 3 rings (SSSR count). The van der Waals surface area contributed by atoms with E-state index in [0.29, 0.717) is 19.0 Å². The Hall–Kier alpha value is -2.02. The van der Waals surface area contributed by atoms with Crippen LogP contribution in [0.3, 0.4) is 0 Å². The van der Waals surface area contributed by atoms with Crippen molar-refractivity contribution in [3.8, 4) is 0 Å². The number of likely N-dealkylation sites (tertiary alicyclic amines) is 1. The van der Waals surface area contributed by atoms with Crippen molar-refractivity contribution in [2.45, 2.75) is 53.0 Å². The fourth-order valence-corrected chi connectivity index (χ4v) is 4.16. The number of piperazine rings is 1. The average Bonchev–Trinajstić information content (AvgIpc) is 2.90. The first-order valence-electron chi connectivity index (χ1n) is 11.2. The summed E-state index contributed by atoms with van der Waals surface area (Å²) >= 11 is 0. The summed E-state index contributed by atoms with van der Waals surface area (Å²) in [7, 11) is 0. The maximum absolute atomic E-state index is 12.7. The molecule has 2 saturated heterocycles. The van der Waals surface area contributed by atoms with Gasteiger partial charge in [0.05, 0.1) is 13.1 Å². The van der Waals surface area contributed by atoms with E-state index in [1.54, 1.807) is 0 Å². The van der Waals surface area contributed by atoms with E-state index in [1.807, 2.05) is 13.8 Å². The van der Waals surface area contributed by atoms with Crippen molar-refractivity contribution in [3.05, 3.63) is 23.2 Å². The second-order valence-corrected chi connectivity index (χ2v) is 8.17. The normalized spacial score (nSPS) is 19.3. The van der Waals surface area contributed by atoms with Gasteiger partial charge in [0.1, 0.15) is 11.5 Å². The number of rotatable bonds is 5. The Kier molecular flexibility index (Phi) is 7.98. The van der Waals surface area contributed by atoms with Gasteiger partial charge in [0.25, 0.3) is 0 Å². The lowest BCUT2D eigenvalue weighted by Crippen LogP contribution is -2.54. The molecule has 0 radical (unpaired) electrons. The van der Waals surface area contributed by atoms with Crippen LogP contribution >= 0.6 is 0 Å². The minimum atomic E-state index is 0.298. The minimum Gasteiger partial charge on any atom is -0.466 e. The molecule has 0 atom stereocenters. The third-order valence-electron chi connectivity index (χ3n) is 5.87. The van der Waals surface area contributed by atoms with Gasteiger partial charge in [0, 0.05) is 51.4 Å². The van der Waals surface area contributed by atoms with E-state index in [-0.39, 0.29) is 0 Å². The number of nitrogens with zero attached hydrogens (tertiary/aromatic N) is 4. The van der Waals surface area contributed by atoms with E-state index in [4.69, 9.17) is 9.41 Å². The molecule has 29 heavy (non-hydrogen) atoms. The average molecular weight is 404 g/mol. The van der Waals surface area contributed by atoms with Crippen molar-refractivity contribution in [1.29, 1.82) is 0 Å². The predicted octanol–water partition coefficient (Wildman–Crippen LogP) is 2.38. The highest BCUT2D eigenvalue weighted by atomic mass is 16.3. The van der Waals surface area contributed by atoms with Gasteiger partial charge >= 0.3 is 0 Å². The van der Waals surface area contributed by atoms with Crippen LogP contribution in [-0.2, 0) is 11.3 Å². The molecule has 1 N–H and O–H groups in total. The fraction of sp³-hybridized carbons (Fsp3) is 0.727. The second kappa shape index (κ2) is 10.7. The molecular weight excluding hydrogens is 366 g/mol. The third kappa shape index (κ3) is 6.23. The maximum Gasteiger partial charge on any atom is 0.236 e. The summed E-state index contributed by atoms with van der Waals surface area (Å²) in [6, 6.07) is 2.06. The molecule has 7 heteroatoms. The van der Waals surface area contributed by atoms with Crippen molar-refractivity contribution in [3.63, 3.8) is 0 Å². The number of hydrogen-bond acceptors (Lipinski definition) is 4. The number of nitrogens with one attached hydrogen (secondary N) is 1. The van der Waals surface area contributed by atoms with Gasteiger partial charge in [-0.3, -0.25) is 9.69 Å². The van der Waals surface area contributed by atoms with E-state index in [2.05, 4.69) is 33.0 Å². The van der Waals surface area contributed by atoms with E-state index >= 15 is 0 Å². The number of guanidine groups is 1. The number of amides is 1. The third-order valence-corrected chi connectivity index (χ3v) is 5.87. The van der Waals surface area contributed by atoms with Gasteiger partial charge in [-0.1, -0.05) is 12.8 Å². The summed E-state index contributed by atoms with van der Waals surface area (Å²) in [5.41, 5.74) is 1.14. The van der Waals surface area contributed by atoms with Crippen LogP contribution in [0.2, 0.25) is 0 Å². The van der Waals surface area contributed by atoms with Crippen LogP contribution in [-0.4, -0.2) is 78.9 Å². The van der Waals surface area contributed by atoms with Crippen molar-refractivity contribution < 1.29 is 9.21 Å². The molecule has 0 bridgehead atoms. The summed E-state index contributed by atoms with van der Waals surface area (Å²) in [6.07, 6.45) is 4.81. The van der Waals surface area contributed by atoms with Gasteiger partial charge in [-0.15, -0.1) is 0 Å². The highest BCUT2D eigenvalue weighted by Crippen LogP contribution is 2.15. The Morgan fingerprint density at radius 2 is 1.72 bits per heavy atom. The van der Waals surface area contributed by atoms with Gasteiger partial charge in [0.15, 0.2) is 5.96 Å². The zero-order chi connectivity index (χ0) is 20.6. The zero-order valence-corrected chi connectivity index (χ0v) is 18.4. The molecule has 3 heterocycles. The van der Waals surface area contributed by atoms with Crippen LogP contribution in [0.25, 0.3) is 0 Å². The van der Waals surface area contributed by atoms with Crippen molar-refractivity contribution in [1.82, 2.24) is 20.0 Å². The standard InChI is InChI=1S/C22H37N5O2/c1-4-23-22(24-16-20-15-18(2)29-19(20)3)27-13-11-25(12-14-27)17-21(28)26-9-7-5-6-8-10-26/h15H,4-14,16-17H2,1-3H3,(H,23,24). The lowest BCUT2D eigenvalue weighted by atomic mass is 10.2. The molecule has 1 aromatic rings. The number of carbonyl (C=O) groups is 1. The Morgan fingerprint density at radius 3 is 2.31 bits per heavy atom. The molecule has 1 amide bonds. The molecular formula is C22H37N5O2. The van der Waals surface area contributed by atoms with Crippen LogP contribution in [0.1, 0.15) is 49.7 Å². The largest absolute Gasteiger partial charge is 0.466 e. The highest BCUT2D eigenvalue weighted by molar-refractivity contribution is 5.80. The number of furan rings is 1. The summed E-state index contributed by atoms with van der Waals surface area (Å²) < 4.78 is 5.62. The van der Waals surface area contributed by atoms with Crippen LogP contribution in [0.5, 0.6) is 0 Å². The van der Waals surface area contributed by atoms with Gasteiger partial charge in [-0.05, 0) is 39.7 Å². The lowest BCUT2D eigenvalue weighted by Gasteiger charge is -2.37. The minimum absolute atomic E-state index is 0.298. The number of carbonyl (C=O) groups excluding carboxylic acids is 1. The summed E-state index contributed by atoms with van der Waals surface area (Å²) in [6.45, 7) is 13.5. The van der Waals surface area contributed by atoms with E-state index in [1.165, 1.54) is 12.8 Å². The molecule has 2 aliphatic rings. The van der Waals surface area contributed by atoms with Gasteiger partial charge in [-0.25, -0.2) is 4.99 Å². The number of hydrogen-bond donors (Lipinski definition) is 1. The molecule has 0 unspecified atom stereocenters. The SMILES string of the molecule is CCNC(=NCc1cc(C)oc1C)N1CCN(CC(=O)N2CCCCCC2)CC1. The Morgan fingerprint density at radius 1 is 1.03 bits per heavy atom. The van der Waals surface area contributed by atoms with Gasteiger partial charge in [0.2, 0.25) is 5.91 Å². The van der Waals surface area contributed by atoms with Crippen molar-refractivity contribution in [2.24, 2.45) is 4.99 Å². The maximum atomic E-state index is 12.7. The first-order valence-corrected chi connectivity index (χ1v) is 11.2. The smallest absolute Gasteiger partial charge is 0.236 e. The van der Waals surface area contributed by atoms with E-state index in [0.717, 1.165) is 81.7 Å². The molecule has 1 aromatic heterocycles. The second-order valence-electron chi connectivity index (χ2n) is 8.17. The zero-order valence-electron chi connectivity index (χ0n) is 18.4. The summed E-state index contributed by atoms with van der Waals surface area (Å²) in [5.74, 6) is 3.12. The van der Waals surface area contributed by atoms with Crippen LogP contribution < -0.4 is 5.32 Å². The monoisotopic (exact) mass is 403 g/mol. The van der Waals surface area contributed by atoms with E-state index < -0.39 is 0 Å². The summed E-state index contributed by atoms with van der Waals surface area (Å²) in [5, 5.41) is 3.41. The summed E-state index contributed by atoms with van der Waals surface area (Å²) in [4.78, 5) is 24.1. The number of aliphatic imine (C=N–C) groups is 1. The topological polar surface area (TPSA) is 64.3 Å². The van der Waals surface area contributed by atoms with Crippen molar-refractivity contribution in [2.75, 3.05) is 52.4 Å². The lowest BCUT2D eigenvalue weighted by molar-refractivity contribution is -0.132. The Labute approximate surface area is 175 Å². The van der Waals surface area contributed by atoms with Crippen LogP contribution in [0.15, 0.2) is 15.5 Å². The molecule has 7 nitrogen and oxygen atoms in total. The van der Waals surface area contributed by atoms with Gasteiger partial charge < -0.3 is 19.5 Å². The van der Waals surface area contributed by atoms with Gasteiger partial charge in [-0.2, -0.15) is 0 Å². The number of aryl methyl sites for hydroxylation is 2. The molecule has 2 aliphatic heterocycles. The molecule has 0 spiro atoms. The van der Waals surface area contributed by atoms with Crippen LogP contribution in [0, 0.1) is 13.8 Å². The quantitative estimate of drug-likeness (QED) is 0.604. The molecule has 2 fully saturated rings. The predicted molar refractivity (Wildman–Crippen MR) is 116 cm³/mol. The first kappa shape index (κ1) is 21.7. The Bertz CT molecular complexity index is 683. The highest BCUT2D eigenvalue weighted by Gasteiger charge is 2.23. The fourth-order valence-electron chi connectivity index (χ4n) is 4.16. The first-order chi connectivity index (χ1) is 14.1. The van der Waals surface area contributed by atoms with Crippen molar-refractivity contribution >= 4 is 11.9 Å². The molecule has 0 saturated carbocycles.